The Morgan fingerprint density at radius 1 is 1.19 bits per heavy atom. The monoisotopic (exact) mass is 439 g/mol. The molecule has 0 saturated heterocycles. The van der Waals surface area contributed by atoms with Crippen LogP contribution in [0.2, 0.25) is 0 Å². The fourth-order valence-electron chi connectivity index (χ4n) is 3.91. The molecule has 2 heterocycles. The van der Waals surface area contributed by atoms with Crippen LogP contribution >= 0.6 is 0 Å². The number of nitrogens with two attached hydrogens (primary N) is 1. The van der Waals surface area contributed by atoms with Gasteiger partial charge in [0.25, 0.3) is 5.91 Å². The van der Waals surface area contributed by atoms with E-state index in [0.717, 1.165) is 28.9 Å². The Morgan fingerprint density at radius 2 is 1.84 bits per heavy atom. The van der Waals surface area contributed by atoms with Gasteiger partial charge in [-0.2, -0.15) is 5.10 Å². The first-order valence-corrected chi connectivity index (χ1v) is 10.6. The van der Waals surface area contributed by atoms with Crippen molar-refractivity contribution in [3.05, 3.63) is 64.4 Å². The summed E-state index contributed by atoms with van der Waals surface area (Å²) in [5, 5.41) is 7.34. The van der Waals surface area contributed by atoms with Gasteiger partial charge in [0.15, 0.2) is 5.65 Å². The molecule has 0 saturated carbocycles. The highest BCUT2D eigenvalue weighted by atomic mass is 19.1. The number of primary amides is 1. The summed E-state index contributed by atoms with van der Waals surface area (Å²) in [6.45, 7) is 10.0. The fourth-order valence-corrected chi connectivity index (χ4v) is 3.91. The van der Waals surface area contributed by atoms with Crippen molar-refractivity contribution in [3.63, 3.8) is 0 Å². The number of fused-ring (bicyclic) bond motifs is 1. The average molecular weight is 440 g/mol. The van der Waals surface area contributed by atoms with Crippen LogP contribution in [-0.4, -0.2) is 26.4 Å². The van der Waals surface area contributed by atoms with Gasteiger partial charge in [-0.25, -0.2) is 13.9 Å². The number of carbonyl (C=O) groups excluding carboxylic acids is 2. The molecule has 32 heavy (non-hydrogen) atoms. The number of aromatic nitrogens is 3. The molecule has 0 spiro atoms. The zero-order chi connectivity index (χ0) is 23.6. The van der Waals surface area contributed by atoms with Crippen LogP contribution in [0.15, 0.2) is 30.5 Å². The normalized spacial score (nSPS) is 12.7. The molecular formula is C24H30FN5O2. The Kier molecular flexibility index (Phi) is 6.62. The SMILES string of the molecule is Cc1nc2c(C(N)=O)cnn2c(C)c1CCC(=O)NC(CC(C)(C)C)c1ccc(F)cc1. The maximum absolute atomic E-state index is 13.4. The van der Waals surface area contributed by atoms with Crippen LogP contribution in [0.5, 0.6) is 0 Å². The van der Waals surface area contributed by atoms with E-state index >= 15 is 0 Å². The second kappa shape index (κ2) is 9.06. The first-order valence-electron chi connectivity index (χ1n) is 10.6. The summed E-state index contributed by atoms with van der Waals surface area (Å²) in [6, 6.07) is 6.04. The number of aryl methyl sites for hydroxylation is 2. The molecule has 0 fully saturated rings. The molecule has 170 valence electrons. The van der Waals surface area contributed by atoms with Crippen LogP contribution < -0.4 is 11.1 Å². The zero-order valence-corrected chi connectivity index (χ0v) is 19.2. The molecule has 1 unspecified atom stereocenters. The average Bonchev–Trinajstić information content (AvgIpc) is 3.11. The van der Waals surface area contributed by atoms with Crippen LogP contribution in [-0.2, 0) is 11.2 Å². The second-order valence-corrected chi connectivity index (χ2v) is 9.36. The maximum atomic E-state index is 13.4. The number of nitrogens with zero attached hydrogens (tertiary/aromatic N) is 3. The lowest BCUT2D eigenvalue weighted by Gasteiger charge is -2.27. The van der Waals surface area contributed by atoms with E-state index in [1.165, 1.54) is 18.3 Å². The Hall–Kier alpha value is -3.29. The first-order chi connectivity index (χ1) is 15.0. The highest BCUT2D eigenvalue weighted by Gasteiger charge is 2.23. The minimum Gasteiger partial charge on any atom is -0.365 e. The predicted octanol–water partition coefficient (Wildman–Crippen LogP) is 3.81. The first kappa shape index (κ1) is 23.4. The van der Waals surface area contributed by atoms with Crippen molar-refractivity contribution >= 4 is 17.5 Å². The molecule has 0 radical (unpaired) electrons. The standard InChI is InChI=1S/C24H30FN5O2/c1-14-18(15(2)30-23(28-14)19(13-27-30)22(26)32)10-11-21(31)29-20(12-24(3,4)5)16-6-8-17(25)9-7-16/h6-9,13,20H,10-12H2,1-5H3,(H2,26,32)(H,29,31). The van der Waals surface area contributed by atoms with Gasteiger partial charge < -0.3 is 11.1 Å². The van der Waals surface area contributed by atoms with Gasteiger partial charge >= 0.3 is 0 Å². The topological polar surface area (TPSA) is 102 Å². The number of amides is 2. The number of nitrogens with one attached hydrogen (secondary N) is 1. The van der Waals surface area contributed by atoms with E-state index in [9.17, 15) is 14.0 Å². The molecule has 3 N–H and O–H groups in total. The molecule has 1 atom stereocenters. The summed E-state index contributed by atoms with van der Waals surface area (Å²) >= 11 is 0. The van der Waals surface area contributed by atoms with Crippen LogP contribution in [0.1, 0.15) is 72.5 Å². The summed E-state index contributed by atoms with van der Waals surface area (Å²) in [5.41, 5.74) is 9.40. The van der Waals surface area contributed by atoms with Crippen molar-refractivity contribution in [2.24, 2.45) is 11.1 Å². The maximum Gasteiger partial charge on any atom is 0.254 e. The van der Waals surface area contributed by atoms with Crippen LogP contribution in [0.25, 0.3) is 5.65 Å². The van der Waals surface area contributed by atoms with E-state index in [0.29, 0.717) is 12.1 Å². The van der Waals surface area contributed by atoms with Crippen molar-refractivity contribution in [3.8, 4) is 0 Å². The molecular weight excluding hydrogens is 409 g/mol. The van der Waals surface area contributed by atoms with Gasteiger partial charge in [0.2, 0.25) is 5.91 Å². The Balaban J connectivity index is 1.77. The Bertz CT molecular complexity index is 1150. The minimum absolute atomic E-state index is 0.0211. The van der Waals surface area contributed by atoms with Gasteiger partial charge in [-0.1, -0.05) is 32.9 Å². The summed E-state index contributed by atoms with van der Waals surface area (Å²) in [7, 11) is 0. The third-order valence-corrected chi connectivity index (χ3v) is 5.50. The Labute approximate surface area is 187 Å². The quantitative estimate of drug-likeness (QED) is 0.584. The minimum atomic E-state index is -0.580. The third-order valence-electron chi connectivity index (χ3n) is 5.50. The smallest absolute Gasteiger partial charge is 0.254 e. The molecule has 0 aliphatic rings. The summed E-state index contributed by atoms with van der Waals surface area (Å²) in [6.07, 6.45) is 2.87. The van der Waals surface area contributed by atoms with Crippen molar-refractivity contribution < 1.29 is 14.0 Å². The van der Waals surface area contributed by atoms with E-state index in [2.05, 4.69) is 36.2 Å². The number of carbonyl (C=O) groups is 2. The molecule has 8 heteroatoms. The van der Waals surface area contributed by atoms with Crippen molar-refractivity contribution in [1.82, 2.24) is 19.9 Å². The highest BCUT2D eigenvalue weighted by Crippen LogP contribution is 2.30. The van der Waals surface area contributed by atoms with E-state index in [1.54, 1.807) is 16.6 Å². The molecule has 0 aliphatic carbocycles. The van der Waals surface area contributed by atoms with Gasteiger partial charge in [0, 0.05) is 17.8 Å². The van der Waals surface area contributed by atoms with Crippen molar-refractivity contribution in [2.75, 3.05) is 0 Å². The molecule has 2 amide bonds. The third kappa shape index (κ3) is 5.30. The number of rotatable bonds is 7. The lowest BCUT2D eigenvalue weighted by molar-refractivity contribution is -0.122. The van der Waals surface area contributed by atoms with Gasteiger partial charge in [0.1, 0.15) is 11.4 Å². The van der Waals surface area contributed by atoms with E-state index in [-0.39, 0.29) is 35.2 Å². The second-order valence-electron chi connectivity index (χ2n) is 9.36. The molecule has 0 bridgehead atoms. The number of hydrogen-bond acceptors (Lipinski definition) is 4. The van der Waals surface area contributed by atoms with E-state index in [1.807, 2.05) is 13.8 Å². The molecule has 0 aliphatic heterocycles. The van der Waals surface area contributed by atoms with Gasteiger partial charge in [0.05, 0.1) is 12.2 Å². The van der Waals surface area contributed by atoms with E-state index in [4.69, 9.17) is 5.73 Å². The highest BCUT2D eigenvalue weighted by molar-refractivity contribution is 5.98. The molecule has 1 aromatic carbocycles. The van der Waals surface area contributed by atoms with Crippen LogP contribution in [0, 0.1) is 25.1 Å². The molecule has 2 aromatic heterocycles. The van der Waals surface area contributed by atoms with Crippen molar-refractivity contribution in [1.29, 1.82) is 0 Å². The lowest BCUT2D eigenvalue weighted by atomic mass is 9.85. The summed E-state index contributed by atoms with van der Waals surface area (Å²) < 4.78 is 14.9. The number of halogens is 1. The number of hydrogen-bond donors (Lipinski definition) is 2. The van der Waals surface area contributed by atoms with Crippen molar-refractivity contribution in [2.45, 2.75) is 59.9 Å². The zero-order valence-electron chi connectivity index (χ0n) is 19.2. The predicted molar refractivity (Wildman–Crippen MR) is 121 cm³/mol. The van der Waals surface area contributed by atoms with Gasteiger partial charge in [-0.05, 0) is 55.4 Å². The Morgan fingerprint density at radius 3 is 2.44 bits per heavy atom. The molecule has 3 rings (SSSR count). The molecule has 3 aromatic rings. The van der Waals surface area contributed by atoms with Gasteiger partial charge in [-0.3, -0.25) is 9.59 Å². The lowest BCUT2D eigenvalue weighted by Crippen LogP contribution is -2.31. The molecule has 7 nitrogen and oxygen atoms in total. The number of benzene rings is 1. The summed E-state index contributed by atoms with van der Waals surface area (Å²) in [4.78, 5) is 28.9. The van der Waals surface area contributed by atoms with E-state index < -0.39 is 5.91 Å². The van der Waals surface area contributed by atoms with Gasteiger partial charge in [-0.15, -0.1) is 0 Å². The largest absolute Gasteiger partial charge is 0.365 e. The van der Waals surface area contributed by atoms with Crippen LogP contribution in [0.4, 0.5) is 4.39 Å². The fraction of sp³-hybridized carbons (Fsp3) is 0.417. The summed E-state index contributed by atoms with van der Waals surface area (Å²) in [5.74, 6) is -0.980. The van der Waals surface area contributed by atoms with Crippen LogP contribution in [0.3, 0.4) is 0 Å².